The lowest BCUT2D eigenvalue weighted by Crippen LogP contribution is -2.36. The van der Waals surface area contributed by atoms with E-state index >= 15 is 0 Å². The van der Waals surface area contributed by atoms with Gasteiger partial charge in [0.05, 0.1) is 7.11 Å². The Kier molecular flexibility index (Phi) is 7.54. The van der Waals surface area contributed by atoms with Crippen LogP contribution >= 0.6 is 0 Å². The summed E-state index contributed by atoms with van der Waals surface area (Å²) in [7, 11) is 3.27. The molecule has 2 rings (SSSR count). The van der Waals surface area contributed by atoms with Crippen molar-refractivity contribution in [2.45, 2.75) is 26.2 Å². The van der Waals surface area contributed by atoms with E-state index in [9.17, 15) is 13.2 Å². The summed E-state index contributed by atoms with van der Waals surface area (Å²) < 4.78 is 47.0. The fraction of sp³-hybridized carbons (Fsp3) is 0.350. The van der Waals surface area contributed by atoms with E-state index in [4.69, 9.17) is 9.47 Å². The van der Waals surface area contributed by atoms with Gasteiger partial charge in [-0.15, -0.1) is 0 Å². The standard InChI is InChI=1S/C20H24F3N3O2/c1-14-7-8-16(18(9-14)27-3)12-26-19(24-2)25-11-15-5-4-6-17(10-15)28-13-20(21,22)23/h4-10H,11-13H2,1-3H3,(H2,24,25,26). The van der Waals surface area contributed by atoms with Crippen molar-refractivity contribution in [2.75, 3.05) is 20.8 Å². The zero-order valence-electron chi connectivity index (χ0n) is 16.1. The third-order valence-corrected chi connectivity index (χ3v) is 3.87. The number of ether oxygens (including phenoxy) is 2. The van der Waals surface area contributed by atoms with Gasteiger partial charge < -0.3 is 20.1 Å². The number of nitrogens with zero attached hydrogens (tertiary/aromatic N) is 1. The highest BCUT2D eigenvalue weighted by atomic mass is 19.4. The molecule has 0 heterocycles. The maximum absolute atomic E-state index is 12.3. The van der Waals surface area contributed by atoms with Gasteiger partial charge in [-0.3, -0.25) is 4.99 Å². The van der Waals surface area contributed by atoms with Crippen LogP contribution in [0.25, 0.3) is 0 Å². The molecule has 5 nitrogen and oxygen atoms in total. The predicted molar refractivity (Wildman–Crippen MR) is 103 cm³/mol. The number of guanidine groups is 1. The SMILES string of the molecule is CN=C(NCc1cccc(OCC(F)(F)F)c1)NCc1ccc(C)cc1OC. The summed E-state index contributed by atoms with van der Waals surface area (Å²) >= 11 is 0. The molecule has 0 radical (unpaired) electrons. The molecule has 0 amide bonds. The van der Waals surface area contributed by atoms with Crippen LogP contribution in [0.4, 0.5) is 13.2 Å². The van der Waals surface area contributed by atoms with Crippen molar-refractivity contribution in [3.05, 3.63) is 59.2 Å². The lowest BCUT2D eigenvalue weighted by atomic mass is 10.1. The smallest absolute Gasteiger partial charge is 0.422 e. The average Bonchev–Trinajstić information content (AvgIpc) is 2.67. The van der Waals surface area contributed by atoms with E-state index in [1.54, 1.807) is 32.4 Å². The first-order chi connectivity index (χ1) is 13.3. The molecule has 0 fully saturated rings. The number of methoxy groups -OCH3 is 1. The van der Waals surface area contributed by atoms with E-state index in [0.29, 0.717) is 19.0 Å². The summed E-state index contributed by atoms with van der Waals surface area (Å²) in [5.41, 5.74) is 2.87. The van der Waals surface area contributed by atoms with Crippen LogP contribution < -0.4 is 20.1 Å². The molecule has 8 heteroatoms. The molecule has 0 bridgehead atoms. The summed E-state index contributed by atoms with van der Waals surface area (Å²) in [6, 6.07) is 12.4. The van der Waals surface area contributed by atoms with Gasteiger partial charge in [0, 0.05) is 25.7 Å². The highest BCUT2D eigenvalue weighted by molar-refractivity contribution is 5.79. The number of aryl methyl sites for hydroxylation is 1. The third kappa shape index (κ3) is 7.02. The van der Waals surface area contributed by atoms with Crippen LogP contribution in [0.2, 0.25) is 0 Å². The second-order valence-electron chi connectivity index (χ2n) is 6.15. The molecule has 2 N–H and O–H groups in total. The molecule has 152 valence electrons. The minimum absolute atomic E-state index is 0.170. The lowest BCUT2D eigenvalue weighted by Gasteiger charge is -2.15. The van der Waals surface area contributed by atoms with Gasteiger partial charge in [-0.05, 0) is 36.2 Å². The van der Waals surface area contributed by atoms with Crippen LogP contribution in [0.5, 0.6) is 11.5 Å². The van der Waals surface area contributed by atoms with Gasteiger partial charge >= 0.3 is 6.18 Å². The normalized spacial score (nSPS) is 11.9. The van der Waals surface area contributed by atoms with Crippen molar-refractivity contribution >= 4 is 5.96 Å². The maximum atomic E-state index is 12.3. The number of benzene rings is 2. The number of rotatable bonds is 7. The quantitative estimate of drug-likeness (QED) is 0.553. The van der Waals surface area contributed by atoms with Crippen LogP contribution in [-0.2, 0) is 13.1 Å². The van der Waals surface area contributed by atoms with Crippen molar-refractivity contribution in [2.24, 2.45) is 4.99 Å². The average molecular weight is 395 g/mol. The molecule has 0 spiro atoms. The van der Waals surface area contributed by atoms with E-state index in [1.165, 1.54) is 6.07 Å². The molecule has 0 saturated heterocycles. The Morgan fingerprint density at radius 1 is 1.07 bits per heavy atom. The van der Waals surface area contributed by atoms with Crippen molar-refractivity contribution in [3.8, 4) is 11.5 Å². The van der Waals surface area contributed by atoms with Gasteiger partial charge in [-0.1, -0.05) is 24.3 Å². The molecular formula is C20H24F3N3O2. The zero-order valence-corrected chi connectivity index (χ0v) is 16.1. The van der Waals surface area contributed by atoms with Gasteiger partial charge in [0.25, 0.3) is 0 Å². The van der Waals surface area contributed by atoms with E-state index in [2.05, 4.69) is 15.6 Å². The van der Waals surface area contributed by atoms with Crippen LogP contribution in [-0.4, -0.2) is 32.9 Å². The summed E-state index contributed by atoms with van der Waals surface area (Å²) in [6.07, 6.45) is -4.36. The maximum Gasteiger partial charge on any atom is 0.422 e. The summed E-state index contributed by atoms with van der Waals surface area (Å²) in [6.45, 7) is 1.57. The van der Waals surface area contributed by atoms with Crippen molar-refractivity contribution < 1.29 is 22.6 Å². The molecule has 0 unspecified atom stereocenters. The molecule has 2 aromatic carbocycles. The summed E-state index contributed by atoms with van der Waals surface area (Å²) in [5, 5.41) is 6.31. The van der Waals surface area contributed by atoms with Crippen molar-refractivity contribution in [1.29, 1.82) is 0 Å². The molecule has 0 saturated carbocycles. The first-order valence-corrected chi connectivity index (χ1v) is 8.67. The molecule has 28 heavy (non-hydrogen) atoms. The Bertz CT molecular complexity index is 808. The van der Waals surface area contributed by atoms with Gasteiger partial charge in [0.15, 0.2) is 12.6 Å². The van der Waals surface area contributed by atoms with E-state index in [1.807, 2.05) is 25.1 Å². The van der Waals surface area contributed by atoms with Crippen molar-refractivity contribution in [3.63, 3.8) is 0 Å². The van der Waals surface area contributed by atoms with Gasteiger partial charge in [-0.25, -0.2) is 0 Å². The molecule has 2 aromatic rings. The molecule has 0 atom stereocenters. The molecular weight excluding hydrogens is 371 g/mol. The Hall–Kier alpha value is -2.90. The van der Waals surface area contributed by atoms with Crippen LogP contribution in [0.1, 0.15) is 16.7 Å². The van der Waals surface area contributed by atoms with E-state index < -0.39 is 12.8 Å². The second-order valence-corrected chi connectivity index (χ2v) is 6.15. The number of hydrogen-bond acceptors (Lipinski definition) is 3. The van der Waals surface area contributed by atoms with Crippen LogP contribution in [0, 0.1) is 6.92 Å². The Morgan fingerprint density at radius 2 is 1.82 bits per heavy atom. The fourth-order valence-electron chi connectivity index (χ4n) is 2.49. The predicted octanol–water partition coefficient (Wildman–Crippen LogP) is 3.81. The van der Waals surface area contributed by atoms with Crippen LogP contribution in [0.3, 0.4) is 0 Å². The largest absolute Gasteiger partial charge is 0.496 e. The third-order valence-electron chi connectivity index (χ3n) is 3.87. The van der Waals surface area contributed by atoms with Crippen molar-refractivity contribution in [1.82, 2.24) is 10.6 Å². The summed E-state index contributed by atoms with van der Waals surface area (Å²) in [4.78, 5) is 4.16. The Balaban J connectivity index is 1.90. The van der Waals surface area contributed by atoms with E-state index in [-0.39, 0.29) is 5.75 Å². The Labute approximate surface area is 162 Å². The molecule has 0 aromatic heterocycles. The zero-order chi connectivity index (χ0) is 20.6. The lowest BCUT2D eigenvalue weighted by molar-refractivity contribution is -0.153. The van der Waals surface area contributed by atoms with Gasteiger partial charge in [-0.2, -0.15) is 13.2 Å². The number of halogens is 3. The van der Waals surface area contributed by atoms with Gasteiger partial charge in [0.2, 0.25) is 0 Å². The minimum atomic E-state index is -4.36. The van der Waals surface area contributed by atoms with Crippen LogP contribution in [0.15, 0.2) is 47.5 Å². The molecule has 0 aliphatic heterocycles. The number of aliphatic imine (C=N–C) groups is 1. The summed E-state index contributed by atoms with van der Waals surface area (Å²) in [5.74, 6) is 1.52. The molecule has 0 aliphatic rings. The second kappa shape index (κ2) is 9.87. The highest BCUT2D eigenvalue weighted by Crippen LogP contribution is 2.20. The van der Waals surface area contributed by atoms with E-state index in [0.717, 1.165) is 22.4 Å². The first kappa shape index (κ1) is 21.4. The van der Waals surface area contributed by atoms with Gasteiger partial charge in [0.1, 0.15) is 11.5 Å². The molecule has 0 aliphatic carbocycles. The first-order valence-electron chi connectivity index (χ1n) is 8.67. The Morgan fingerprint density at radius 3 is 2.50 bits per heavy atom. The number of hydrogen-bond donors (Lipinski definition) is 2. The minimum Gasteiger partial charge on any atom is -0.496 e. The number of alkyl halides is 3. The number of nitrogens with one attached hydrogen (secondary N) is 2. The monoisotopic (exact) mass is 395 g/mol. The fourth-order valence-corrected chi connectivity index (χ4v) is 2.49. The topological polar surface area (TPSA) is 54.9 Å². The highest BCUT2D eigenvalue weighted by Gasteiger charge is 2.28.